The van der Waals surface area contributed by atoms with E-state index in [2.05, 4.69) is 107 Å². The monoisotopic (exact) mass is 588 g/mol. The Morgan fingerprint density at radius 2 is 1.52 bits per heavy atom. The molecule has 4 aromatic carbocycles. The Hall–Kier alpha value is -4.45. The third-order valence-corrected chi connectivity index (χ3v) is 9.81. The predicted octanol–water partition coefficient (Wildman–Crippen LogP) is 6.83. The molecular formula is C38H42N3O3+. The van der Waals surface area contributed by atoms with Crippen molar-refractivity contribution < 1.29 is 18.8 Å². The highest BCUT2D eigenvalue weighted by molar-refractivity contribution is 5.72. The van der Waals surface area contributed by atoms with Gasteiger partial charge in [0, 0.05) is 32.4 Å². The van der Waals surface area contributed by atoms with E-state index in [-0.39, 0.29) is 0 Å². The highest BCUT2D eigenvalue weighted by atomic mass is 16.5. The lowest BCUT2D eigenvalue weighted by Gasteiger charge is -2.39. The Bertz CT molecular complexity index is 1820. The van der Waals surface area contributed by atoms with Crippen molar-refractivity contribution in [2.24, 2.45) is 5.92 Å². The van der Waals surface area contributed by atoms with Crippen LogP contribution in [0.15, 0.2) is 78.9 Å². The van der Waals surface area contributed by atoms with Gasteiger partial charge in [-0.05, 0) is 71.8 Å². The molecule has 6 heteroatoms. The van der Waals surface area contributed by atoms with Gasteiger partial charge >= 0.3 is 0 Å². The fourth-order valence-corrected chi connectivity index (χ4v) is 7.71. The van der Waals surface area contributed by atoms with Crippen LogP contribution in [0.2, 0.25) is 0 Å². The molecule has 0 radical (unpaired) electrons. The number of anilines is 1. The van der Waals surface area contributed by atoms with Crippen molar-refractivity contribution in [1.29, 1.82) is 0 Å². The number of hydrogen-bond acceptors (Lipinski definition) is 4. The number of para-hydroxylation sites is 3. The molecule has 0 amide bonds. The molecule has 7 rings (SSSR count). The second kappa shape index (κ2) is 11.6. The Morgan fingerprint density at radius 1 is 0.773 bits per heavy atom. The Kier molecular flexibility index (Phi) is 7.45. The number of methoxy groups -OCH3 is 3. The second-order valence-corrected chi connectivity index (χ2v) is 12.3. The molecule has 6 nitrogen and oxygen atoms in total. The molecule has 44 heavy (non-hydrogen) atoms. The fraction of sp³-hybridized carbons (Fsp3) is 0.342. The number of nitrogens with zero attached hydrogens (tertiary/aromatic N) is 3. The maximum atomic E-state index is 5.97. The standard InChI is InChI=1S/C38H42N3O3/c1-25-14-16-27(17-15-25)23-41-26(2)40(32-11-6-7-12-33(32)41)19-9-18-39-24-29-20-28-21-35(43-4)36(44-5)22-31(28)37(29)30-10-8-13-34(42-3)38(30)39/h6-8,10-17,21-22,29,37H,9,18-20,23-24H2,1-5H3/q+1/t29-,37-/m0/s1. The third-order valence-electron chi connectivity index (χ3n) is 9.81. The maximum Gasteiger partial charge on any atom is 0.254 e. The first kappa shape index (κ1) is 28.3. The molecule has 1 aromatic heterocycles. The Balaban J connectivity index is 1.17. The van der Waals surface area contributed by atoms with Crippen molar-refractivity contribution in [1.82, 2.24) is 4.57 Å². The molecule has 1 aliphatic heterocycles. The molecule has 0 saturated heterocycles. The van der Waals surface area contributed by atoms with Crippen LogP contribution in [-0.4, -0.2) is 39.0 Å². The van der Waals surface area contributed by atoms with E-state index in [9.17, 15) is 0 Å². The molecule has 2 atom stereocenters. The predicted molar refractivity (Wildman–Crippen MR) is 176 cm³/mol. The third kappa shape index (κ3) is 4.77. The van der Waals surface area contributed by atoms with Gasteiger partial charge in [0.05, 0.1) is 33.6 Å². The Morgan fingerprint density at radius 3 is 2.30 bits per heavy atom. The second-order valence-electron chi connectivity index (χ2n) is 12.3. The number of hydrogen-bond donors (Lipinski definition) is 0. The van der Waals surface area contributed by atoms with Gasteiger partial charge in [-0.1, -0.05) is 54.1 Å². The van der Waals surface area contributed by atoms with Crippen LogP contribution in [0, 0.1) is 19.8 Å². The van der Waals surface area contributed by atoms with Crippen LogP contribution in [0.4, 0.5) is 5.69 Å². The quantitative estimate of drug-likeness (QED) is 0.177. The van der Waals surface area contributed by atoms with Crippen LogP contribution in [0.25, 0.3) is 11.0 Å². The summed E-state index contributed by atoms with van der Waals surface area (Å²) in [6.07, 6.45) is 2.07. The van der Waals surface area contributed by atoms with Crippen LogP contribution in [0.5, 0.6) is 17.2 Å². The van der Waals surface area contributed by atoms with E-state index in [1.807, 2.05) is 0 Å². The lowest BCUT2D eigenvalue weighted by Crippen LogP contribution is -2.38. The lowest BCUT2D eigenvalue weighted by atomic mass is 9.81. The van der Waals surface area contributed by atoms with Crippen molar-refractivity contribution in [3.8, 4) is 17.2 Å². The van der Waals surface area contributed by atoms with E-state index in [0.717, 1.165) is 56.3 Å². The summed E-state index contributed by atoms with van der Waals surface area (Å²) in [5.41, 5.74) is 10.5. The first-order valence-electron chi connectivity index (χ1n) is 15.7. The molecule has 0 spiro atoms. The highest BCUT2D eigenvalue weighted by Crippen LogP contribution is 2.53. The number of aromatic nitrogens is 2. The number of aryl methyl sites for hydroxylation is 2. The zero-order valence-corrected chi connectivity index (χ0v) is 26.5. The van der Waals surface area contributed by atoms with Crippen LogP contribution in [0.3, 0.4) is 0 Å². The molecule has 1 aliphatic carbocycles. The topological polar surface area (TPSA) is 39.7 Å². The smallest absolute Gasteiger partial charge is 0.254 e. The van der Waals surface area contributed by atoms with Crippen LogP contribution in [-0.2, 0) is 19.5 Å². The summed E-state index contributed by atoms with van der Waals surface area (Å²) in [5, 5.41) is 0. The molecule has 0 bridgehead atoms. The summed E-state index contributed by atoms with van der Waals surface area (Å²) in [4.78, 5) is 2.58. The van der Waals surface area contributed by atoms with E-state index < -0.39 is 0 Å². The van der Waals surface area contributed by atoms with Gasteiger partial charge in [0.15, 0.2) is 22.5 Å². The van der Waals surface area contributed by atoms with Crippen LogP contribution in [0.1, 0.15) is 46.0 Å². The van der Waals surface area contributed by atoms with E-state index in [0.29, 0.717) is 11.8 Å². The van der Waals surface area contributed by atoms with Crippen molar-refractivity contribution in [3.63, 3.8) is 0 Å². The van der Waals surface area contributed by atoms with Crippen molar-refractivity contribution in [2.75, 3.05) is 39.3 Å². The molecule has 0 saturated carbocycles. The van der Waals surface area contributed by atoms with Gasteiger partial charge < -0.3 is 19.1 Å². The van der Waals surface area contributed by atoms with Crippen LogP contribution >= 0.6 is 0 Å². The summed E-state index contributed by atoms with van der Waals surface area (Å²) >= 11 is 0. The summed E-state index contributed by atoms with van der Waals surface area (Å²) in [7, 11) is 5.22. The number of benzene rings is 4. The summed E-state index contributed by atoms with van der Waals surface area (Å²) in [6.45, 7) is 8.19. The average Bonchev–Trinajstić information content (AvgIpc) is 3.54. The number of ether oxygens (including phenoxy) is 3. The fourth-order valence-electron chi connectivity index (χ4n) is 7.71. The zero-order chi connectivity index (χ0) is 30.4. The summed E-state index contributed by atoms with van der Waals surface area (Å²) < 4.78 is 22.3. The van der Waals surface area contributed by atoms with Crippen LogP contribution < -0.4 is 23.7 Å². The molecule has 226 valence electrons. The molecule has 0 fully saturated rings. The largest absolute Gasteiger partial charge is 0.495 e. The first-order chi connectivity index (χ1) is 21.5. The SMILES string of the molecule is COc1cc2c(cc1OC)[C@@H]1c3cccc(OC)c3N(CCCn3c(C)[n+](Cc4ccc(C)cc4)c4ccccc43)C[C@@H]1C2. The zero-order valence-electron chi connectivity index (χ0n) is 26.5. The van der Waals surface area contributed by atoms with Crippen molar-refractivity contribution in [3.05, 3.63) is 113 Å². The van der Waals surface area contributed by atoms with Gasteiger partial charge in [-0.15, -0.1) is 0 Å². The van der Waals surface area contributed by atoms with Gasteiger partial charge in [-0.25, -0.2) is 9.13 Å². The minimum absolute atomic E-state index is 0.322. The van der Waals surface area contributed by atoms with Gasteiger partial charge in [-0.2, -0.15) is 0 Å². The van der Waals surface area contributed by atoms with E-state index in [4.69, 9.17) is 14.2 Å². The molecule has 2 aliphatic rings. The molecular weight excluding hydrogens is 546 g/mol. The average molecular weight is 589 g/mol. The minimum atomic E-state index is 0.322. The number of fused-ring (bicyclic) bond motifs is 6. The maximum absolute atomic E-state index is 5.97. The lowest BCUT2D eigenvalue weighted by molar-refractivity contribution is -0.669. The normalized spacial score (nSPS) is 16.9. The first-order valence-corrected chi connectivity index (χ1v) is 15.7. The van der Waals surface area contributed by atoms with Crippen molar-refractivity contribution in [2.45, 2.75) is 45.7 Å². The summed E-state index contributed by atoms with van der Waals surface area (Å²) in [5.74, 6) is 4.66. The number of rotatable bonds is 9. The van der Waals surface area contributed by atoms with Gasteiger partial charge in [0.1, 0.15) is 12.3 Å². The Labute approximate surface area is 260 Å². The molecule has 0 unspecified atom stereocenters. The van der Waals surface area contributed by atoms with Gasteiger partial charge in [0.25, 0.3) is 5.82 Å². The van der Waals surface area contributed by atoms with Crippen molar-refractivity contribution >= 4 is 16.7 Å². The summed E-state index contributed by atoms with van der Waals surface area (Å²) in [6, 6.07) is 28.6. The molecule has 5 aromatic rings. The highest BCUT2D eigenvalue weighted by Gasteiger charge is 2.42. The molecule has 2 heterocycles. The number of imidazole rings is 1. The van der Waals surface area contributed by atoms with E-state index >= 15 is 0 Å². The minimum Gasteiger partial charge on any atom is -0.495 e. The van der Waals surface area contributed by atoms with Gasteiger partial charge in [0.2, 0.25) is 0 Å². The van der Waals surface area contributed by atoms with Gasteiger partial charge in [-0.3, -0.25) is 0 Å². The molecule has 0 N–H and O–H groups in total. The van der Waals surface area contributed by atoms with E-state index in [1.165, 1.54) is 50.4 Å². The van der Waals surface area contributed by atoms with E-state index in [1.54, 1.807) is 21.3 Å².